The number of benzene rings is 2. The molecule has 4 aromatic rings. The van der Waals surface area contributed by atoms with Crippen molar-refractivity contribution in [1.29, 1.82) is 0 Å². The number of thiazole rings is 1. The zero-order chi connectivity index (χ0) is 14.2. The molecule has 4 rings (SSSR count). The molecule has 2 heterocycles. The van der Waals surface area contributed by atoms with E-state index in [4.69, 9.17) is 0 Å². The summed E-state index contributed by atoms with van der Waals surface area (Å²) in [5.74, 6) is 0.363. The van der Waals surface area contributed by atoms with E-state index < -0.39 is 0 Å². The zero-order valence-corrected chi connectivity index (χ0v) is 11.6. The van der Waals surface area contributed by atoms with E-state index in [-0.39, 0.29) is 5.91 Å². The summed E-state index contributed by atoms with van der Waals surface area (Å²) in [6, 6.07) is 13.1. The number of rotatable bonds is 2. The minimum absolute atomic E-state index is 0.178. The highest BCUT2D eigenvalue weighted by Crippen LogP contribution is 2.22. The highest BCUT2D eigenvalue weighted by atomic mass is 32.1. The zero-order valence-electron chi connectivity index (χ0n) is 10.8. The van der Waals surface area contributed by atoms with Gasteiger partial charge in [-0.3, -0.25) is 9.89 Å². The Kier molecular flexibility index (Phi) is 2.68. The topological polar surface area (TPSA) is 70.7 Å². The van der Waals surface area contributed by atoms with E-state index in [0.717, 1.165) is 21.1 Å². The monoisotopic (exact) mass is 294 g/mol. The number of aromatic nitrogens is 3. The van der Waals surface area contributed by atoms with Gasteiger partial charge in [-0.25, -0.2) is 4.98 Å². The summed E-state index contributed by atoms with van der Waals surface area (Å²) in [5, 5.41) is 10.8. The number of H-pyrrole nitrogens is 1. The molecule has 0 saturated heterocycles. The van der Waals surface area contributed by atoms with Crippen LogP contribution in [0.4, 0.5) is 5.82 Å². The van der Waals surface area contributed by atoms with Gasteiger partial charge in [0.25, 0.3) is 5.91 Å². The van der Waals surface area contributed by atoms with E-state index in [0.29, 0.717) is 11.4 Å². The lowest BCUT2D eigenvalue weighted by molar-refractivity contribution is 0.102. The van der Waals surface area contributed by atoms with E-state index in [2.05, 4.69) is 20.5 Å². The Morgan fingerprint density at radius 1 is 1.19 bits per heavy atom. The molecular formula is C15H10N4OS. The number of aromatic amines is 1. The van der Waals surface area contributed by atoms with E-state index in [1.165, 1.54) is 11.3 Å². The van der Waals surface area contributed by atoms with Crippen molar-refractivity contribution in [2.24, 2.45) is 0 Å². The predicted molar refractivity (Wildman–Crippen MR) is 83.7 cm³/mol. The molecule has 0 unspecified atom stereocenters. The van der Waals surface area contributed by atoms with Gasteiger partial charge in [0.05, 0.1) is 21.2 Å². The summed E-state index contributed by atoms with van der Waals surface area (Å²) in [6.45, 7) is 0. The van der Waals surface area contributed by atoms with E-state index in [1.807, 2.05) is 36.4 Å². The van der Waals surface area contributed by atoms with Crippen LogP contribution in [-0.2, 0) is 0 Å². The number of nitrogens with zero attached hydrogens (tertiary/aromatic N) is 2. The molecule has 102 valence electrons. The summed E-state index contributed by atoms with van der Waals surface area (Å²) in [6.07, 6.45) is 0. The van der Waals surface area contributed by atoms with Crippen molar-refractivity contribution in [3.05, 3.63) is 53.5 Å². The number of amides is 1. The van der Waals surface area contributed by atoms with Crippen molar-refractivity contribution in [2.75, 3.05) is 5.32 Å². The van der Waals surface area contributed by atoms with E-state index in [9.17, 15) is 4.79 Å². The highest BCUT2D eigenvalue weighted by molar-refractivity contribution is 7.16. The third-order valence-electron chi connectivity index (χ3n) is 3.30. The summed E-state index contributed by atoms with van der Waals surface area (Å²) in [4.78, 5) is 16.5. The first-order chi connectivity index (χ1) is 10.3. The van der Waals surface area contributed by atoms with Gasteiger partial charge >= 0.3 is 0 Å². The lowest BCUT2D eigenvalue weighted by Crippen LogP contribution is -2.12. The molecule has 0 atom stereocenters. The smallest absolute Gasteiger partial charge is 0.256 e. The maximum absolute atomic E-state index is 12.3. The summed E-state index contributed by atoms with van der Waals surface area (Å²) >= 11 is 1.52. The van der Waals surface area contributed by atoms with Crippen molar-refractivity contribution in [3.63, 3.8) is 0 Å². The fourth-order valence-electron chi connectivity index (χ4n) is 2.23. The SMILES string of the molecule is O=C(Nc1n[nH]c2ccccc12)c1ccc2ncsc2c1. The van der Waals surface area contributed by atoms with Gasteiger partial charge in [0, 0.05) is 10.9 Å². The molecule has 0 saturated carbocycles. The average molecular weight is 294 g/mol. The number of nitrogens with one attached hydrogen (secondary N) is 2. The quantitative estimate of drug-likeness (QED) is 0.595. The molecule has 0 bridgehead atoms. The van der Waals surface area contributed by atoms with E-state index >= 15 is 0 Å². The number of carbonyl (C=O) groups excluding carboxylic acids is 1. The first-order valence-corrected chi connectivity index (χ1v) is 7.27. The first-order valence-electron chi connectivity index (χ1n) is 6.39. The second-order valence-corrected chi connectivity index (χ2v) is 5.49. The van der Waals surface area contributed by atoms with Crippen molar-refractivity contribution in [2.45, 2.75) is 0 Å². The Balaban J connectivity index is 1.68. The first kappa shape index (κ1) is 12.0. The molecule has 0 aliphatic heterocycles. The lowest BCUT2D eigenvalue weighted by Gasteiger charge is -2.02. The molecule has 21 heavy (non-hydrogen) atoms. The number of anilines is 1. The number of carbonyl (C=O) groups is 1. The highest BCUT2D eigenvalue weighted by Gasteiger charge is 2.11. The molecule has 1 amide bonds. The van der Waals surface area contributed by atoms with Crippen LogP contribution in [0.1, 0.15) is 10.4 Å². The molecule has 2 N–H and O–H groups in total. The van der Waals surface area contributed by atoms with Gasteiger partial charge in [-0.15, -0.1) is 11.3 Å². The Morgan fingerprint density at radius 2 is 2.10 bits per heavy atom. The molecule has 2 aromatic carbocycles. The lowest BCUT2D eigenvalue weighted by atomic mass is 10.2. The molecule has 0 spiro atoms. The maximum atomic E-state index is 12.3. The number of para-hydroxylation sites is 1. The second kappa shape index (κ2) is 4.68. The minimum atomic E-state index is -0.178. The van der Waals surface area contributed by atoms with Crippen LogP contribution in [-0.4, -0.2) is 21.1 Å². The van der Waals surface area contributed by atoms with Gasteiger partial charge in [0.1, 0.15) is 0 Å². The van der Waals surface area contributed by atoms with Crippen molar-refractivity contribution in [3.8, 4) is 0 Å². The van der Waals surface area contributed by atoms with Gasteiger partial charge in [-0.2, -0.15) is 5.10 Å². The summed E-state index contributed by atoms with van der Waals surface area (Å²) in [7, 11) is 0. The normalized spacial score (nSPS) is 11.0. The molecule has 6 heteroatoms. The Labute approximate surface area is 123 Å². The van der Waals surface area contributed by atoms with Crippen LogP contribution in [0.3, 0.4) is 0 Å². The third-order valence-corrected chi connectivity index (χ3v) is 4.09. The van der Waals surface area contributed by atoms with Crippen molar-refractivity contribution in [1.82, 2.24) is 15.2 Å². The second-order valence-electron chi connectivity index (χ2n) is 4.61. The Hall–Kier alpha value is -2.73. The maximum Gasteiger partial charge on any atom is 0.256 e. The largest absolute Gasteiger partial charge is 0.305 e. The predicted octanol–water partition coefficient (Wildman–Crippen LogP) is 3.42. The van der Waals surface area contributed by atoms with E-state index in [1.54, 1.807) is 11.6 Å². The number of hydrogen-bond acceptors (Lipinski definition) is 4. The van der Waals surface area contributed by atoms with Gasteiger partial charge < -0.3 is 5.32 Å². The molecule has 0 aliphatic rings. The molecule has 5 nitrogen and oxygen atoms in total. The standard InChI is InChI=1S/C15H10N4OS/c20-15(9-5-6-12-13(7-9)21-8-16-12)17-14-10-3-1-2-4-11(10)18-19-14/h1-8H,(H2,17,18,19,20). The third kappa shape index (κ3) is 2.05. The molecular weight excluding hydrogens is 284 g/mol. The fourth-order valence-corrected chi connectivity index (χ4v) is 2.95. The van der Waals surface area contributed by atoms with Crippen LogP contribution >= 0.6 is 11.3 Å². The van der Waals surface area contributed by atoms with Crippen LogP contribution < -0.4 is 5.32 Å². The molecule has 0 aliphatic carbocycles. The molecule has 2 aromatic heterocycles. The van der Waals surface area contributed by atoms with Crippen LogP contribution in [0, 0.1) is 0 Å². The van der Waals surface area contributed by atoms with Gasteiger partial charge in [0.2, 0.25) is 0 Å². The van der Waals surface area contributed by atoms with Crippen molar-refractivity contribution < 1.29 is 4.79 Å². The minimum Gasteiger partial charge on any atom is -0.305 e. The van der Waals surface area contributed by atoms with Crippen LogP contribution in [0.25, 0.3) is 21.1 Å². The number of hydrogen-bond donors (Lipinski definition) is 2. The number of fused-ring (bicyclic) bond motifs is 2. The summed E-state index contributed by atoms with van der Waals surface area (Å²) < 4.78 is 0.995. The van der Waals surface area contributed by atoms with Crippen LogP contribution in [0.5, 0.6) is 0 Å². The average Bonchev–Trinajstić information content (AvgIpc) is 3.13. The van der Waals surface area contributed by atoms with Gasteiger partial charge in [-0.1, -0.05) is 12.1 Å². The Morgan fingerprint density at radius 3 is 3.05 bits per heavy atom. The van der Waals surface area contributed by atoms with Gasteiger partial charge in [0.15, 0.2) is 5.82 Å². The van der Waals surface area contributed by atoms with Crippen molar-refractivity contribution >= 4 is 44.2 Å². The fraction of sp³-hybridized carbons (Fsp3) is 0. The van der Waals surface area contributed by atoms with Gasteiger partial charge in [-0.05, 0) is 30.3 Å². The summed E-state index contributed by atoms with van der Waals surface area (Å²) in [5.41, 5.74) is 4.17. The molecule has 0 radical (unpaired) electrons. The molecule has 0 fully saturated rings. The van der Waals surface area contributed by atoms with Crippen LogP contribution in [0.15, 0.2) is 48.0 Å². The Bertz CT molecular complexity index is 956. The van der Waals surface area contributed by atoms with Crippen LogP contribution in [0.2, 0.25) is 0 Å².